The van der Waals surface area contributed by atoms with Gasteiger partial charge in [0.2, 0.25) is 11.8 Å². The molecule has 2 amide bonds. The summed E-state index contributed by atoms with van der Waals surface area (Å²) in [7, 11) is 0. The van der Waals surface area contributed by atoms with Gasteiger partial charge in [0.1, 0.15) is 0 Å². The van der Waals surface area contributed by atoms with Crippen LogP contribution in [0, 0.1) is 12.8 Å². The Kier molecular flexibility index (Phi) is 7.27. The Labute approximate surface area is 163 Å². The summed E-state index contributed by atoms with van der Waals surface area (Å²) in [6.45, 7) is 7.49. The van der Waals surface area contributed by atoms with E-state index in [1.165, 1.54) is 43.5 Å². The quantitative estimate of drug-likeness (QED) is 0.714. The van der Waals surface area contributed by atoms with E-state index in [0.717, 1.165) is 19.4 Å². The zero-order valence-electron chi connectivity index (χ0n) is 16.6. The third-order valence-corrected chi connectivity index (χ3v) is 5.78. The Morgan fingerprint density at radius 1 is 1.11 bits per heavy atom. The molecule has 5 heteroatoms. The van der Waals surface area contributed by atoms with Crippen LogP contribution < -0.4 is 5.32 Å². The van der Waals surface area contributed by atoms with Crippen LogP contribution in [0.25, 0.3) is 0 Å². The standard InChI is InChI=1S/C22H33N3O2/c1-18-6-8-19(9-7-18)10-15-25-17-20(16-21(25)26)22(27)23-11-5-14-24-12-3-2-4-13-24/h6-9,20H,2-5,10-17H2,1H3,(H,23,27)/t20-/m0/s1. The number of hydrogen-bond donors (Lipinski definition) is 1. The minimum Gasteiger partial charge on any atom is -0.356 e. The Hall–Kier alpha value is -1.88. The second-order valence-electron chi connectivity index (χ2n) is 8.02. The molecule has 0 aliphatic carbocycles. The van der Waals surface area contributed by atoms with Crippen molar-refractivity contribution in [3.8, 4) is 0 Å². The fourth-order valence-electron chi connectivity index (χ4n) is 4.02. The van der Waals surface area contributed by atoms with Crippen LogP contribution in [0.1, 0.15) is 43.2 Å². The number of carbonyl (C=O) groups is 2. The second-order valence-corrected chi connectivity index (χ2v) is 8.02. The first-order valence-corrected chi connectivity index (χ1v) is 10.5. The number of nitrogens with zero attached hydrogens (tertiary/aromatic N) is 2. The van der Waals surface area contributed by atoms with E-state index in [-0.39, 0.29) is 17.7 Å². The van der Waals surface area contributed by atoms with E-state index in [2.05, 4.69) is 41.4 Å². The lowest BCUT2D eigenvalue weighted by atomic mass is 10.1. The van der Waals surface area contributed by atoms with E-state index in [0.29, 0.717) is 26.1 Å². The normalized spacial score (nSPS) is 20.9. The van der Waals surface area contributed by atoms with Crippen molar-refractivity contribution in [1.29, 1.82) is 0 Å². The molecule has 2 aliphatic heterocycles. The molecule has 2 fully saturated rings. The maximum Gasteiger partial charge on any atom is 0.225 e. The molecule has 0 radical (unpaired) electrons. The van der Waals surface area contributed by atoms with Crippen LogP contribution in [0.4, 0.5) is 0 Å². The molecule has 1 N–H and O–H groups in total. The highest BCUT2D eigenvalue weighted by Crippen LogP contribution is 2.18. The van der Waals surface area contributed by atoms with Gasteiger partial charge >= 0.3 is 0 Å². The molecule has 2 heterocycles. The third-order valence-electron chi connectivity index (χ3n) is 5.78. The largest absolute Gasteiger partial charge is 0.356 e. The van der Waals surface area contributed by atoms with Gasteiger partial charge in [-0.05, 0) is 57.8 Å². The smallest absolute Gasteiger partial charge is 0.225 e. The number of rotatable bonds is 8. The van der Waals surface area contributed by atoms with Crippen LogP contribution in [0.3, 0.4) is 0 Å². The van der Waals surface area contributed by atoms with Crippen LogP contribution in [-0.2, 0) is 16.0 Å². The first-order chi connectivity index (χ1) is 13.1. The Morgan fingerprint density at radius 3 is 2.59 bits per heavy atom. The van der Waals surface area contributed by atoms with E-state index in [1.807, 2.05) is 4.90 Å². The monoisotopic (exact) mass is 371 g/mol. The van der Waals surface area contributed by atoms with Crippen LogP contribution in [-0.4, -0.2) is 60.9 Å². The molecular weight excluding hydrogens is 338 g/mol. The van der Waals surface area contributed by atoms with Gasteiger partial charge < -0.3 is 15.1 Å². The third kappa shape index (κ3) is 6.06. The number of hydrogen-bond acceptors (Lipinski definition) is 3. The summed E-state index contributed by atoms with van der Waals surface area (Å²) in [6.07, 6.45) is 6.14. The molecule has 3 rings (SSSR count). The van der Waals surface area contributed by atoms with E-state index >= 15 is 0 Å². The van der Waals surface area contributed by atoms with E-state index in [9.17, 15) is 9.59 Å². The molecule has 0 bridgehead atoms. The minimum absolute atomic E-state index is 0.0415. The lowest BCUT2D eigenvalue weighted by Crippen LogP contribution is -2.36. The molecule has 1 aromatic rings. The molecule has 0 aromatic heterocycles. The number of likely N-dealkylation sites (tertiary alicyclic amines) is 2. The number of nitrogens with one attached hydrogen (secondary N) is 1. The number of piperidine rings is 1. The number of benzene rings is 1. The second kappa shape index (κ2) is 9.88. The highest BCUT2D eigenvalue weighted by Gasteiger charge is 2.33. The predicted molar refractivity (Wildman–Crippen MR) is 107 cm³/mol. The molecule has 0 spiro atoms. The zero-order chi connectivity index (χ0) is 19.1. The van der Waals surface area contributed by atoms with Gasteiger partial charge in [-0.2, -0.15) is 0 Å². The Balaban J connectivity index is 1.34. The van der Waals surface area contributed by atoms with Crippen LogP contribution >= 0.6 is 0 Å². The average molecular weight is 372 g/mol. The fraction of sp³-hybridized carbons (Fsp3) is 0.636. The first-order valence-electron chi connectivity index (χ1n) is 10.5. The molecule has 0 saturated carbocycles. The molecule has 27 heavy (non-hydrogen) atoms. The van der Waals surface area contributed by atoms with Gasteiger partial charge in [0, 0.05) is 26.1 Å². The number of carbonyl (C=O) groups excluding carboxylic acids is 2. The van der Waals surface area contributed by atoms with Crippen LogP contribution in [0.2, 0.25) is 0 Å². The molecule has 1 atom stereocenters. The van der Waals surface area contributed by atoms with Crippen molar-refractivity contribution in [3.05, 3.63) is 35.4 Å². The fourth-order valence-corrected chi connectivity index (χ4v) is 4.02. The SMILES string of the molecule is Cc1ccc(CCN2C[C@@H](C(=O)NCCCN3CCCCC3)CC2=O)cc1. The van der Waals surface area contributed by atoms with Crippen molar-refractivity contribution in [2.75, 3.05) is 39.3 Å². The molecule has 2 aliphatic rings. The van der Waals surface area contributed by atoms with Gasteiger partial charge in [-0.15, -0.1) is 0 Å². The maximum absolute atomic E-state index is 12.4. The van der Waals surface area contributed by atoms with Gasteiger partial charge in [-0.1, -0.05) is 36.2 Å². The van der Waals surface area contributed by atoms with E-state index in [1.54, 1.807) is 0 Å². The Bertz CT molecular complexity index is 623. The maximum atomic E-state index is 12.4. The van der Waals surface area contributed by atoms with Crippen molar-refractivity contribution >= 4 is 11.8 Å². The van der Waals surface area contributed by atoms with Crippen molar-refractivity contribution in [1.82, 2.24) is 15.1 Å². The summed E-state index contributed by atoms with van der Waals surface area (Å²) in [5.74, 6) is -0.0408. The highest BCUT2D eigenvalue weighted by atomic mass is 16.2. The lowest BCUT2D eigenvalue weighted by Gasteiger charge is -2.26. The van der Waals surface area contributed by atoms with Crippen LogP contribution in [0.15, 0.2) is 24.3 Å². The summed E-state index contributed by atoms with van der Waals surface area (Å²) < 4.78 is 0. The van der Waals surface area contributed by atoms with Crippen molar-refractivity contribution in [3.63, 3.8) is 0 Å². The summed E-state index contributed by atoms with van der Waals surface area (Å²) in [6, 6.07) is 8.42. The van der Waals surface area contributed by atoms with Crippen LogP contribution in [0.5, 0.6) is 0 Å². The van der Waals surface area contributed by atoms with Gasteiger partial charge in [0.25, 0.3) is 0 Å². The molecule has 2 saturated heterocycles. The van der Waals surface area contributed by atoms with Gasteiger partial charge in [-0.3, -0.25) is 9.59 Å². The number of aryl methyl sites for hydroxylation is 1. The average Bonchev–Trinajstić information content (AvgIpc) is 3.06. The lowest BCUT2D eigenvalue weighted by molar-refractivity contribution is -0.129. The van der Waals surface area contributed by atoms with Gasteiger partial charge in [0.15, 0.2) is 0 Å². The van der Waals surface area contributed by atoms with Gasteiger partial charge in [0.05, 0.1) is 5.92 Å². The van der Waals surface area contributed by atoms with Gasteiger partial charge in [-0.25, -0.2) is 0 Å². The molecule has 0 unspecified atom stereocenters. The summed E-state index contributed by atoms with van der Waals surface area (Å²) >= 11 is 0. The van der Waals surface area contributed by atoms with Crippen molar-refractivity contribution < 1.29 is 9.59 Å². The molecule has 1 aromatic carbocycles. The molecular formula is C22H33N3O2. The predicted octanol–water partition coefficient (Wildman–Crippen LogP) is 2.38. The molecule has 148 valence electrons. The van der Waals surface area contributed by atoms with Crippen molar-refractivity contribution in [2.45, 2.75) is 45.4 Å². The summed E-state index contributed by atoms with van der Waals surface area (Å²) in [5, 5.41) is 3.04. The summed E-state index contributed by atoms with van der Waals surface area (Å²) in [5.41, 5.74) is 2.48. The zero-order valence-corrected chi connectivity index (χ0v) is 16.6. The van der Waals surface area contributed by atoms with Crippen molar-refractivity contribution in [2.24, 2.45) is 5.92 Å². The minimum atomic E-state index is -0.189. The van der Waals surface area contributed by atoms with E-state index < -0.39 is 0 Å². The highest BCUT2D eigenvalue weighted by molar-refractivity contribution is 5.89. The molecule has 5 nitrogen and oxygen atoms in total. The summed E-state index contributed by atoms with van der Waals surface area (Å²) in [4.78, 5) is 29.0. The van der Waals surface area contributed by atoms with E-state index in [4.69, 9.17) is 0 Å². The Morgan fingerprint density at radius 2 is 1.85 bits per heavy atom. The first kappa shape index (κ1) is 19.9. The topological polar surface area (TPSA) is 52.7 Å². The number of amides is 2.